The minimum absolute atomic E-state index is 0.00502. The monoisotopic (exact) mass is 521 g/mol. The van der Waals surface area contributed by atoms with E-state index in [0.717, 1.165) is 12.1 Å². The Kier molecular flexibility index (Phi) is 6.96. The molecule has 11 heteroatoms. The van der Waals surface area contributed by atoms with E-state index >= 15 is 0 Å². The Bertz CT molecular complexity index is 1200. The standard InChI is InChI=1S/C25H29F2N3O5S/c1-35-20-6-5-16-19(29-20)7-8-30(24(32)13-9-14(10-13)25(33)34)21(16)23(31)28-15-11-17(26)22(18(27)12-15)36(2,3)4/h5-6,11-14,21H,7-10H2,1-4H3,(H,28,31)(H,33,34)/t13?,14?,21-/m1/s1. The van der Waals surface area contributed by atoms with E-state index in [2.05, 4.69) is 10.3 Å². The number of halogens is 2. The number of carboxylic acids is 1. The molecule has 0 unspecified atom stereocenters. The average Bonchev–Trinajstić information content (AvgIpc) is 2.74. The number of hydrogen-bond donors (Lipinski definition) is 2. The summed E-state index contributed by atoms with van der Waals surface area (Å²) in [7, 11) is -0.219. The Labute approximate surface area is 209 Å². The highest BCUT2D eigenvalue weighted by atomic mass is 32.3. The van der Waals surface area contributed by atoms with Gasteiger partial charge < -0.3 is 20.1 Å². The summed E-state index contributed by atoms with van der Waals surface area (Å²) in [5, 5.41) is 11.7. The average molecular weight is 522 g/mol. The van der Waals surface area contributed by atoms with Gasteiger partial charge in [-0.3, -0.25) is 14.4 Å². The van der Waals surface area contributed by atoms with Crippen LogP contribution in [0.15, 0.2) is 29.2 Å². The van der Waals surface area contributed by atoms with Crippen molar-refractivity contribution in [3.8, 4) is 5.88 Å². The molecule has 0 saturated heterocycles. The molecule has 1 aliphatic heterocycles. The molecule has 194 valence electrons. The summed E-state index contributed by atoms with van der Waals surface area (Å²) in [4.78, 5) is 43.8. The number of nitrogens with one attached hydrogen (secondary N) is 1. The highest BCUT2D eigenvalue weighted by molar-refractivity contribution is 8.32. The number of fused-ring (bicyclic) bond motifs is 1. The number of methoxy groups -OCH3 is 1. The molecule has 0 radical (unpaired) electrons. The van der Waals surface area contributed by atoms with Gasteiger partial charge in [0.1, 0.15) is 17.7 Å². The fraction of sp³-hybridized carbons (Fsp3) is 0.440. The van der Waals surface area contributed by atoms with Crippen molar-refractivity contribution in [2.75, 3.05) is 37.7 Å². The van der Waals surface area contributed by atoms with E-state index in [-0.39, 0.29) is 35.9 Å². The van der Waals surface area contributed by atoms with E-state index in [4.69, 9.17) is 4.74 Å². The summed E-state index contributed by atoms with van der Waals surface area (Å²) >= 11 is 0. The zero-order valence-corrected chi connectivity index (χ0v) is 21.3. The lowest BCUT2D eigenvalue weighted by molar-refractivity contribution is -0.154. The number of rotatable bonds is 6. The van der Waals surface area contributed by atoms with Gasteiger partial charge in [0.15, 0.2) is 0 Å². The van der Waals surface area contributed by atoms with Crippen molar-refractivity contribution in [2.24, 2.45) is 11.8 Å². The maximum Gasteiger partial charge on any atom is 0.306 e. The number of anilines is 1. The van der Waals surface area contributed by atoms with Crippen LogP contribution in [0.4, 0.5) is 14.5 Å². The highest BCUT2D eigenvalue weighted by Gasteiger charge is 2.45. The fourth-order valence-electron chi connectivity index (χ4n) is 4.78. The number of hydrogen-bond acceptors (Lipinski definition) is 5. The molecule has 2 aromatic rings. The van der Waals surface area contributed by atoms with Gasteiger partial charge in [0.05, 0.1) is 23.6 Å². The number of nitrogens with zero attached hydrogens (tertiary/aromatic N) is 2. The Balaban J connectivity index is 1.65. The van der Waals surface area contributed by atoms with Gasteiger partial charge in [-0.15, -0.1) is 0 Å². The molecular formula is C25H29F2N3O5S. The van der Waals surface area contributed by atoms with E-state index in [0.29, 0.717) is 23.6 Å². The molecule has 1 aromatic heterocycles. The Morgan fingerprint density at radius 2 is 1.75 bits per heavy atom. The van der Waals surface area contributed by atoms with Crippen molar-refractivity contribution in [2.45, 2.75) is 30.2 Å². The SMILES string of the molecule is COc1ccc2c(n1)CCN(C(=O)C1CC(C(=O)O)C1)[C@H]2C(=O)Nc1cc(F)c(S(C)(C)C)c(F)c1. The van der Waals surface area contributed by atoms with E-state index in [9.17, 15) is 28.3 Å². The minimum atomic E-state index is -1.69. The Morgan fingerprint density at radius 1 is 1.11 bits per heavy atom. The Hall–Kier alpha value is -3.21. The lowest BCUT2D eigenvalue weighted by Crippen LogP contribution is -2.50. The van der Waals surface area contributed by atoms with Gasteiger partial charge in [-0.1, -0.05) is 0 Å². The molecule has 8 nitrogen and oxygen atoms in total. The number of carbonyl (C=O) groups excluding carboxylic acids is 2. The van der Waals surface area contributed by atoms with Crippen molar-refractivity contribution in [3.63, 3.8) is 0 Å². The molecule has 1 atom stereocenters. The third-order valence-electron chi connectivity index (χ3n) is 6.63. The summed E-state index contributed by atoms with van der Waals surface area (Å²) in [5.74, 6) is -4.12. The summed E-state index contributed by atoms with van der Waals surface area (Å²) in [6.45, 7) is 0.188. The maximum atomic E-state index is 14.8. The van der Waals surface area contributed by atoms with Crippen LogP contribution in [0.1, 0.15) is 30.1 Å². The molecule has 1 aromatic carbocycles. The van der Waals surface area contributed by atoms with Crippen molar-refractivity contribution in [3.05, 3.63) is 47.2 Å². The van der Waals surface area contributed by atoms with Crippen LogP contribution in [0.5, 0.6) is 5.88 Å². The lowest BCUT2D eigenvalue weighted by atomic mass is 9.73. The summed E-state index contributed by atoms with van der Waals surface area (Å²) in [5.41, 5.74) is 1.01. The molecule has 2 amide bonds. The smallest absolute Gasteiger partial charge is 0.306 e. The summed E-state index contributed by atoms with van der Waals surface area (Å²) in [6.07, 6.45) is 6.10. The van der Waals surface area contributed by atoms with Crippen molar-refractivity contribution < 1.29 is 33.0 Å². The quantitative estimate of drug-likeness (QED) is 0.602. The predicted molar refractivity (Wildman–Crippen MR) is 131 cm³/mol. The Morgan fingerprint density at radius 3 is 2.31 bits per heavy atom. The first kappa shape index (κ1) is 25.9. The first-order valence-corrected chi connectivity index (χ1v) is 14.3. The van der Waals surface area contributed by atoms with Crippen molar-refractivity contribution >= 4 is 33.5 Å². The second kappa shape index (κ2) is 9.68. The van der Waals surface area contributed by atoms with Gasteiger partial charge >= 0.3 is 5.97 Å². The molecule has 0 spiro atoms. The molecule has 1 saturated carbocycles. The number of pyridine rings is 1. The molecule has 2 aliphatic rings. The van der Waals surface area contributed by atoms with Crippen LogP contribution in [0.3, 0.4) is 0 Å². The van der Waals surface area contributed by atoms with Crippen molar-refractivity contribution in [1.29, 1.82) is 0 Å². The third-order valence-corrected chi connectivity index (χ3v) is 8.25. The van der Waals surface area contributed by atoms with Gasteiger partial charge in [-0.05, 0) is 49.8 Å². The first-order chi connectivity index (χ1) is 16.9. The molecular weight excluding hydrogens is 492 g/mol. The molecule has 1 aliphatic carbocycles. The van der Waals surface area contributed by atoms with Crippen molar-refractivity contribution in [1.82, 2.24) is 9.88 Å². The van der Waals surface area contributed by atoms with E-state index in [1.54, 1.807) is 30.9 Å². The van der Waals surface area contributed by atoms with Crippen LogP contribution in [-0.4, -0.2) is 65.2 Å². The highest BCUT2D eigenvalue weighted by Crippen LogP contribution is 2.48. The molecule has 2 N–H and O–H groups in total. The number of amides is 2. The lowest BCUT2D eigenvalue weighted by Gasteiger charge is -2.41. The molecule has 4 rings (SSSR count). The zero-order chi connectivity index (χ0) is 26.4. The summed E-state index contributed by atoms with van der Waals surface area (Å²) in [6, 6.07) is 4.30. The van der Waals surface area contributed by atoms with Crippen LogP contribution in [0.25, 0.3) is 0 Å². The van der Waals surface area contributed by atoms with Crippen LogP contribution >= 0.6 is 10.0 Å². The van der Waals surface area contributed by atoms with Crippen LogP contribution < -0.4 is 10.1 Å². The van der Waals surface area contributed by atoms with Gasteiger partial charge in [0, 0.05) is 36.2 Å². The topological polar surface area (TPSA) is 109 Å². The van der Waals surface area contributed by atoms with Gasteiger partial charge in [0.25, 0.3) is 5.91 Å². The second-order valence-corrected chi connectivity index (χ2v) is 14.0. The van der Waals surface area contributed by atoms with Gasteiger partial charge in [-0.25, -0.2) is 23.8 Å². The maximum absolute atomic E-state index is 14.8. The minimum Gasteiger partial charge on any atom is -0.481 e. The number of aromatic nitrogens is 1. The third kappa shape index (κ3) is 4.88. The molecule has 0 bridgehead atoms. The number of ether oxygens (including phenoxy) is 1. The van der Waals surface area contributed by atoms with Crippen LogP contribution in [0.2, 0.25) is 0 Å². The number of carboxylic acid groups (broad SMARTS) is 1. The number of aliphatic carboxylic acids is 1. The molecule has 36 heavy (non-hydrogen) atoms. The van der Waals surface area contributed by atoms with E-state index < -0.39 is 51.4 Å². The zero-order valence-electron chi connectivity index (χ0n) is 20.5. The van der Waals surface area contributed by atoms with E-state index in [1.165, 1.54) is 12.0 Å². The van der Waals surface area contributed by atoms with E-state index in [1.807, 2.05) is 0 Å². The summed E-state index contributed by atoms with van der Waals surface area (Å²) < 4.78 is 34.7. The molecule has 1 fully saturated rings. The van der Waals surface area contributed by atoms with Gasteiger partial charge in [0.2, 0.25) is 11.8 Å². The largest absolute Gasteiger partial charge is 0.481 e. The number of carbonyl (C=O) groups is 3. The normalized spacial score (nSPS) is 21.7. The first-order valence-electron chi connectivity index (χ1n) is 11.5. The van der Waals surface area contributed by atoms with Crippen LogP contribution in [0, 0.1) is 23.5 Å². The fourth-order valence-corrected chi connectivity index (χ4v) is 6.07. The second-order valence-electron chi connectivity index (χ2n) is 9.87. The predicted octanol–water partition coefficient (Wildman–Crippen LogP) is 3.60. The van der Waals surface area contributed by atoms with Gasteiger partial charge in [-0.2, -0.15) is 0 Å². The molecule has 2 heterocycles. The number of benzene rings is 1. The van der Waals surface area contributed by atoms with Crippen LogP contribution in [-0.2, 0) is 20.8 Å².